The molecule has 0 bridgehead atoms. The molecule has 18 heavy (non-hydrogen) atoms. The summed E-state index contributed by atoms with van der Waals surface area (Å²) in [5, 5.41) is 19.5. The lowest BCUT2D eigenvalue weighted by Gasteiger charge is -2.14. The number of likely N-dealkylation sites (tertiary alicyclic amines) is 1. The quantitative estimate of drug-likeness (QED) is 0.720. The Morgan fingerprint density at radius 2 is 1.72 bits per heavy atom. The Morgan fingerprint density at radius 3 is 2.17 bits per heavy atom. The molecule has 5 nitrogen and oxygen atoms in total. The van der Waals surface area contributed by atoms with Crippen LogP contribution < -0.4 is 5.32 Å². The van der Waals surface area contributed by atoms with Gasteiger partial charge in [-0.2, -0.15) is 0 Å². The van der Waals surface area contributed by atoms with Crippen molar-refractivity contribution in [2.45, 2.75) is 51.0 Å². The molecular formula is C13H26N2O3. The van der Waals surface area contributed by atoms with E-state index in [4.69, 9.17) is 10.2 Å². The van der Waals surface area contributed by atoms with E-state index in [0.29, 0.717) is 6.54 Å². The van der Waals surface area contributed by atoms with Crippen molar-refractivity contribution in [1.29, 1.82) is 0 Å². The van der Waals surface area contributed by atoms with Gasteiger partial charge in [-0.3, -0.25) is 0 Å². The molecule has 0 aromatic carbocycles. The van der Waals surface area contributed by atoms with Gasteiger partial charge in [0.2, 0.25) is 0 Å². The molecule has 0 spiro atoms. The molecule has 1 saturated carbocycles. The third-order valence-corrected chi connectivity index (χ3v) is 3.48. The van der Waals surface area contributed by atoms with Gasteiger partial charge in [-0.25, -0.2) is 4.79 Å². The van der Waals surface area contributed by atoms with E-state index >= 15 is 0 Å². The van der Waals surface area contributed by atoms with Crippen molar-refractivity contribution < 1.29 is 15.0 Å². The number of aliphatic hydroxyl groups excluding tert-OH is 1. The number of rotatable bonds is 3. The molecule has 1 aliphatic heterocycles. The van der Waals surface area contributed by atoms with Crippen molar-refractivity contribution in [3.63, 3.8) is 0 Å². The molecule has 1 heterocycles. The predicted molar refractivity (Wildman–Crippen MR) is 70.8 cm³/mol. The fraction of sp³-hybridized carbons (Fsp3) is 0.923. The van der Waals surface area contributed by atoms with Crippen molar-refractivity contribution in [2.75, 3.05) is 26.2 Å². The van der Waals surface area contributed by atoms with Crippen LogP contribution in [0.4, 0.5) is 4.79 Å². The molecule has 0 radical (unpaired) electrons. The Morgan fingerprint density at radius 1 is 1.11 bits per heavy atom. The third-order valence-electron chi connectivity index (χ3n) is 3.48. The molecular weight excluding hydrogens is 232 g/mol. The van der Waals surface area contributed by atoms with Crippen LogP contribution in [0, 0.1) is 0 Å². The lowest BCUT2D eigenvalue weighted by molar-refractivity contribution is 0.130. The van der Waals surface area contributed by atoms with Gasteiger partial charge < -0.3 is 20.4 Å². The molecule has 0 atom stereocenters. The van der Waals surface area contributed by atoms with E-state index in [9.17, 15) is 4.79 Å². The average molecular weight is 258 g/mol. The molecule has 5 heteroatoms. The smallest absolute Gasteiger partial charge is 0.404 e. The van der Waals surface area contributed by atoms with Crippen molar-refractivity contribution >= 4 is 6.09 Å². The number of hydrogen-bond donors (Lipinski definition) is 3. The first-order chi connectivity index (χ1) is 8.68. The Bertz CT molecular complexity index is 224. The van der Waals surface area contributed by atoms with Crippen LogP contribution >= 0.6 is 0 Å². The van der Waals surface area contributed by atoms with Crippen LogP contribution in [0.15, 0.2) is 0 Å². The van der Waals surface area contributed by atoms with E-state index in [1.807, 2.05) is 0 Å². The van der Waals surface area contributed by atoms with E-state index in [-0.39, 0.29) is 6.10 Å². The Balaban J connectivity index is 0.000000199. The number of nitrogens with zero attached hydrogens (tertiary/aromatic N) is 1. The van der Waals surface area contributed by atoms with Gasteiger partial charge in [0.15, 0.2) is 0 Å². The van der Waals surface area contributed by atoms with Gasteiger partial charge in [0.1, 0.15) is 0 Å². The molecule has 2 fully saturated rings. The molecule has 0 aromatic rings. The highest BCUT2D eigenvalue weighted by Crippen LogP contribution is 2.16. The first-order valence-corrected chi connectivity index (χ1v) is 7.05. The van der Waals surface area contributed by atoms with Gasteiger partial charge in [-0.1, -0.05) is 19.3 Å². The van der Waals surface area contributed by atoms with E-state index < -0.39 is 6.09 Å². The summed E-state index contributed by atoms with van der Waals surface area (Å²) in [5.74, 6) is 0. The molecule has 2 aliphatic rings. The molecule has 1 aliphatic carbocycles. The second-order valence-electron chi connectivity index (χ2n) is 5.07. The zero-order valence-electron chi connectivity index (χ0n) is 11.1. The second-order valence-corrected chi connectivity index (χ2v) is 5.07. The first-order valence-electron chi connectivity index (χ1n) is 7.05. The highest BCUT2D eigenvalue weighted by molar-refractivity contribution is 5.64. The van der Waals surface area contributed by atoms with Crippen LogP contribution in [0.2, 0.25) is 0 Å². The Hall–Kier alpha value is -0.810. The highest BCUT2D eigenvalue weighted by atomic mass is 16.4. The standard InChI is InChI=1S/C7H14N2O2.C6H12O/c10-7(11)8-3-6-9-4-1-2-5-9;7-6-4-2-1-3-5-6/h8H,1-6H2,(H,10,11);6-7H,1-5H2. The van der Waals surface area contributed by atoms with Crippen LogP contribution in [0.3, 0.4) is 0 Å². The Labute approximate surface area is 109 Å². The fourth-order valence-electron chi connectivity index (χ4n) is 2.41. The number of hydrogen-bond acceptors (Lipinski definition) is 3. The second kappa shape index (κ2) is 9.16. The molecule has 1 saturated heterocycles. The third kappa shape index (κ3) is 7.50. The first kappa shape index (κ1) is 15.2. The van der Waals surface area contributed by atoms with Crippen LogP contribution in [0.5, 0.6) is 0 Å². The van der Waals surface area contributed by atoms with Gasteiger partial charge in [-0.15, -0.1) is 0 Å². The van der Waals surface area contributed by atoms with E-state index in [2.05, 4.69) is 10.2 Å². The van der Waals surface area contributed by atoms with Crippen molar-refractivity contribution in [3.05, 3.63) is 0 Å². The van der Waals surface area contributed by atoms with Crippen molar-refractivity contribution in [1.82, 2.24) is 10.2 Å². The maximum absolute atomic E-state index is 10.0. The van der Waals surface area contributed by atoms with Gasteiger partial charge in [0.25, 0.3) is 0 Å². The summed E-state index contributed by atoms with van der Waals surface area (Å²) < 4.78 is 0. The van der Waals surface area contributed by atoms with Gasteiger partial charge >= 0.3 is 6.09 Å². The highest BCUT2D eigenvalue weighted by Gasteiger charge is 2.10. The minimum atomic E-state index is -0.927. The van der Waals surface area contributed by atoms with E-state index in [0.717, 1.165) is 32.5 Å². The average Bonchev–Trinajstić information content (AvgIpc) is 2.83. The lowest BCUT2D eigenvalue weighted by atomic mass is 9.98. The van der Waals surface area contributed by atoms with Crippen LogP contribution in [0.1, 0.15) is 44.9 Å². The van der Waals surface area contributed by atoms with Crippen LogP contribution in [0.25, 0.3) is 0 Å². The number of aliphatic hydroxyl groups is 1. The summed E-state index contributed by atoms with van der Waals surface area (Å²) in [4.78, 5) is 12.3. The summed E-state index contributed by atoms with van der Waals surface area (Å²) in [7, 11) is 0. The minimum Gasteiger partial charge on any atom is -0.465 e. The maximum Gasteiger partial charge on any atom is 0.404 e. The lowest BCUT2D eigenvalue weighted by Crippen LogP contribution is -2.32. The molecule has 106 valence electrons. The van der Waals surface area contributed by atoms with Gasteiger partial charge in [0, 0.05) is 13.1 Å². The molecule has 2 rings (SSSR count). The van der Waals surface area contributed by atoms with Gasteiger partial charge in [0.05, 0.1) is 6.10 Å². The monoisotopic (exact) mass is 258 g/mol. The summed E-state index contributed by atoms with van der Waals surface area (Å²) in [6.45, 7) is 3.66. The molecule has 3 N–H and O–H groups in total. The zero-order valence-corrected chi connectivity index (χ0v) is 11.1. The molecule has 1 amide bonds. The Kier molecular flexibility index (Phi) is 7.76. The van der Waals surface area contributed by atoms with Crippen molar-refractivity contribution in [3.8, 4) is 0 Å². The topological polar surface area (TPSA) is 72.8 Å². The van der Waals surface area contributed by atoms with Crippen molar-refractivity contribution in [2.24, 2.45) is 0 Å². The predicted octanol–water partition coefficient (Wildman–Crippen LogP) is 1.66. The number of nitrogens with one attached hydrogen (secondary N) is 1. The number of amides is 1. The minimum absolute atomic E-state index is 0.0359. The van der Waals surface area contributed by atoms with E-state index in [1.165, 1.54) is 32.1 Å². The SMILES string of the molecule is O=C(O)NCCN1CCCC1.OC1CCCCC1. The maximum atomic E-state index is 10.0. The summed E-state index contributed by atoms with van der Waals surface area (Å²) in [6.07, 6.45) is 7.51. The molecule has 0 unspecified atom stereocenters. The molecule has 0 aromatic heterocycles. The fourth-order valence-corrected chi connectivity index (χ4v) is 2.41. The van der Waals surface area contributed by atoms with Gasteiger partial charge in [-0.05, 0) is 38.8 Å². The van der Waals surface area contributed by atoms with Crippen LogP contribution in [-0.4, -0.2) is 53.5 Å². The summed E-state index contributed by atoms with van der Waals surface area (Å²) >= 11 is 0. The summed E-state index contributed by atoms with van der Waals surface area (Å²) in [5.41, 5.74) is 0. The largest absolute Gasteiger partial charge is 0.465 e. The number of carboxylic acid groups (broad SMARTS) is 1. The van der Waals surface area contributed by atoms with Crippen LogP contribution in [-0.2, 0) is 0 Å². The summed E-state index contributed by atoms with van der Waals surface area (Å²) in [6, 6.07) is 0. The number of carbonyl (C=O) groups is 1. The normalized spacial score (nSPS) is 21.2. The van der Waals surface area contributed by atoms with E-state index in [1.54, 1.807) is 0 Å². The zero-order chi connectivity index (χ0) is 13.2.